The van der Waals surface area contributed by atoms with Crippen molar-refractivity contribution < 1.29 is 13.2 Å². The number of hydrogen-bond acceptors (Lipinski definition) is 3. The molecule has 0 aromatic heterocycles. The summed E-state index contributed by atoms with van der Waals surface area (Å²) in [5, 5.41) is 1.97. The molecule has 5 heteroatoms. The van der Waals surface area contributed by atoms with Gasteiger partial charge in [-0.2, -0.15) is 8.42 Å². The quantitative estimate of drug-likeness (QED) is 0.418. The highest BCUT2D eigenvalue weighted by Crippen LogP contribution is 2.10. The summed E-state index contributed by atoms with van der Waals surface area (Å²) >= 11 is 0. The van der Waals surface area contributed by atoms with E-state index >= 15 is 0 Å². The average molecular weight is 195 g/mol. The van der Waals surface area contributed by atoms with Crippen LogP contribution < -0.4 is 0 Å². The van der Waals surface area contributed by atoms with Crippen LogP contribution >= 0.6 is 10.7 Å². The molecule has 11 heavy (non-hydrogen) atoms. The minimum absolute atomic E-state index is 0.0310. The standard InChI is InChI=1S/C6H7ClO3S/c7-11(8,9)4-2-6-1-3-10-5-6/h6H,1,3,5H2. The molecular formula is C6H7ClO3S. The molecule has 0 N–H and O–H groups in total. The zero-order valence-corrected chi connectivity index (χ0v) is 7.28. The van der Waals surface area contributed by atoms with Crippen molar-refractivity contribution in [3.05, 3.63) is 0 Å². The second-order valence-electron chi connectivity index (χ2n) is 2.24. The fourth-order valence-corrected chi connectivity index (χ4v) is 1.24. The Balaban J connectivity index is 2.56. The molecule has 1 aliphatic heterocycles. The fraction of sp³-hybridized carbons (Fsp3) is 0.667. The Hall–Kier alpha value is -0.240. The van der Waals surface area contributed by atoms with Crippen molar-refractivity contribution in [2.75, 3.05) is 13.2 Å². The average Bonchev–Trinajstić information content (AvgIpc) is 2.32. The molecule has 0 amide bonds. The molecule has 0 radical (unpaired) electrons. The smallest absolute Gasteiger partial charge is 0.300 e. The molecule has 1 rings (SSSR count). The molecule has 0 aromatic rings. The van der Waals surface area contributed by atoms with E-state index in [1.54, 1.807) is 0 Å². The summed E-state index contributed by atoms with van der Waals surface area (Å²) in [7, 11) is 1.21. The fourth-order valence-electron chi connectivity index (χ4n) is 0.802. The first kappa shape index (κ1) is 8.85. The molecule has 1 unspecified atom stereocenters. The van der Waals surface area contributed by atoms with Crippen LogP contribution in [0.1, 0.15) is 6.42 Å². The second-order valence-corrected chi connectivity index (χ2v) is 4.54. The van der Waals surface area contributed by atoms with Gasteiger partial charge in [-0.15, -0.1) is 0 Å². The lowest BCUT2D eigenvalue weighted by Gasteiger charge is -1.91. The third kappa shape index (κ3) is 3.61. The maximum atomic E-state index is 10.3. The van der Waals surface area contributed by atoms with Crippen molar-refractivity contribution in [2.45, 2.75) is 6.42 Å². The van der Waals surface area contributed by atoms with Gasteiger partial charge in [-0.25, -0.2) is 0 Å². The van der Waals surface area contributed by atoms with Crippen LogP contribution in [0.15, 0.2) is 0 Å². The lowest BCUT2D eigenvalue weighted by Crippen LogP contribution is -1.94. The largest absolute Gasteiger partial charge is 0.380 e. The predicted octanol–water partition coefficient (Wildman–Crippen LogP) is 0.552. The number of rotatable bonds is 0. The van der Waals surface area contributed by atoms with Crippen molar-refractivity contribution in [3.63, 3.8) is 0 Å². The van der Waals surface area contributed by atoms with Crippen LogP contribution in [0.25, 0.3) is 0 Å². The Labute approximate surface area is 70.1 Å². The van der Waals surface area contributed by atoms with Crippen molar-refractivity contribution in [2.24, 2.45) is 5.92 Å². The first-order valence-corrected chi connectivity index (χ1v) is 5.43. The van der Waals surface area contributed by atoms with E-state index in [0.717, 1.165) is 6.42 Å². The van der Waals surface area contributed by atoms with Crippen molar-refractivity contribution in [3.8, 4) is 11.2 Å². The van der Waals surface area contributed by atoms with Gasteiger partial charge in [0, 0.05) is 28.5 Å². The van der Waals surface area contributed by atoms with Gasteiger partial charge in [0.25, 0.3) is 0 Å². The Morgan fingerprint density at radius 2 is 2.27 bits per heavy atom. The van der Waals surface area contributed by atoms with Gasteiger partial charge in [0.15, 0.2) is 0 Å². The Morgan fingerprint density at radius 3 is 2.73 bits per heavy atom. The zero-order valence-electron chi connectivity index (χ0n) is 5.71. The van der Waals surface area contributed by atoms with Gasteiger partial charge in [0.2, 0.25) is 0 Å². The highest BCUT2D eigenvalue weighted by molar-refractivity contribution is 8.17. The number of ether oxygens (including phenoxy) is 1. The van der Waals surface area contributed by atoms with Crippen LogP contribution in [-0.4, -0.2) is 21.6 Å². The van der Waals surface area contributed by atoms with E-state index in [-0.39, 0.29) is 5.92 Å². The maximum absolute atomic E-state index is 10.3. The van der Waals surface area contributed by atoms with Gasteiger partial charge in [-0.3, -0.25) is 0 Å². The number of hydrogen-bond donors (Lipinski definition) is 0. The van der Waals surface area contributed by atoms with E-state index in [9.17, 15) is 8.42 Å². The molecular weight excluding hydrogens is 188 g/mol. The molecule has 1 heterocycles. The van der Waals surface area contributed by atoms with Crippen molar-refractivity contribution in [1.82, 2.24) is 0 Å². The van der Waals surface area contributed by atoms with E-state index in [0.29, 0.717) is 13.2 Å². The summed E-state index contributed by atoms with van der Waals surface area (Å²) < 4.78 is 25.7. The Bertz CT molecular complexity index is 279. The molecule has 3 nitrogen and oxygen atoms in total. The molecule has 0 saturated carbocycles. The second kappa shape index (κ2) is 3.44. The topological polar surface area (TPSA) is 43.4 Å². The zero-order chi connectivity index (χ0) is 8.32. The third-order valence-electron chi connectivity index (χ3n) is 1.31. The van der Waals surface area contributed by atoms with Gasteiger partial charge in [-0.1, -0.05) is 5.92 Å². The molecule has 0 aromatic carbocycles. The lowest BCUT2D eigenvalue weighted by molar-refractivity contribution is 0.192. The van der Waals surface area contributed by atoms with E-state index in [2.05, 4.69) is 5.92 Å². The van der Waals surface area contributed by atoms with Crippen molar-refractivity contribution >= 4 is 19.7 Å². The SMILES string of the molecule is O=S(=O)(Cl)C#CC1CCOC1. The molecule has 1 fully saturated rings. The van der Waals surface area contributed by atoms with Gasteiger partial charge < -0.3 is 4.74 Å². The van der Waals surface area contributed by atoms with E-state index < -0.39 is 9.05 Å². The highest BCUT2D eigenvalue weighted by Gasteiger charge is 2.12. The molecule has 1 saturated heterocycles. The number of halogens is 1. The molecule has 0 bridgehead atoms. The third-order valence-corrected chi connectivity index (χ3v) is 1.91. The van der Waals surface area contributed by atoms with Gasteiger partial charge in [-0.05, 0) is 6.42 Å². The minimum Gasteiger partial charge on any atom is -0.380 e. The van der Waals surface area contributed by atoms with Crippen LogP contribution in [-0.2, 0) is 13.8 Å². The van der Waals surface area contributed by atoms with Crippen LogP contribution in [0.5, 0.6) is 0 Å². The first-order chi connectivity index (χ1) is 5.08. The summed E-state index contributed by atoms with van der Waals surface area (Å²) in [4.78, 5) is 0. The summed E-state index contributed by atoms with van der Waals surface area (Å²) in [6.07, 6.45) is 0.791. The van der Waals surface area contributed by atoms with E-state index in [1.165, 1.54) is 0 Å². The first-order valence-electron chi connectivity index (χ1n) is 3.12. The van der Waals surface area contributed by atoms with E-state index in [4.69, 9.17) is 15.4 Å². The predicted molar refractivity (Wildman–Crippen MR) is 41.5 cm³/mol. The monoisotopic (exact) mass is 194 g/mol. The summed E-state index contributed by atoms with van der Waals surface area (Å²) in [5.74, 6) is 2.56. The van der Waals surface area contributed by atoms with Gasteiger partial charge in [0.05, 0.1) is 6.61 Å². The molecule has 1 aliphatic rings. The molecule has 62 valence electrons. The summed E-state index contributed by atoms with van der Waals surface area (Å²) in [6, 6.07) is 0. The Morgan fingerprint density at radius 1 is 1.55 bits per heavy atom. The van der Waals surface area contributed by atoms with Crippen LogP contribution in [0, 0.1) is 17.1 Å². The maximum Gasteiger partial charge on any atom is 0.300 e. The summed E-state index contributed by atoms with van der Waals surface area (Å²) in [5.41, 5.74) is 0. The Kier molecular flexibility index (Phi) is 2.77. The van der Waals surface area contributed by atoms with E-state index in [1.807, 2.05) is 5.25 Å². The van der Waals surface area contributed by atoms with Crippen molar-refractivity contribution in [1.29, 1.82) is 0 Å². The molecule has 0 aliphatic carbocycles. The lowest BCUT2D eigenvalue weighted by atomic mass is 10.1. The molecule has 0 spiro atoms. The van der Waals surface area contributed by atoms with Crippen LogP contribution in [0.4, 0.5) is 0 Å². The van der Waals surface area contributed by atoms with Gasteiger partial charge in [0.1, 0.15) is 0 Å². The summed E-state index contributed by atoms with van der Waals surface area (Å²) in [6.45, 7) is 1.17. The molecule has 1 atom stereocenters. The minimum atomic E-state index is -3.66. The van der Waals surface area contributed by atoms with Crippen LogP contribution in [0.2, 0.25) is 0 Å². The van der Waals surface area contributed by atoms with Gasteiger partial charge >= 0.3 is 9.05 Å². The normalized spacial score (nSPS) is 24.3. The van der Waals surface area contributed by atoms with Crippen LogP contribution in [0.3, 0.4) is 0 Å². The highest BCUT2D eigenvalue weighted by atomic mass is 35.7.